The van der Waals surface area contributed by atoms with Crippen LogP contribution < -0.4 is 5.32 Å². The molecule has 0 bridgehead atoms. The van der Waals surface area contributed by atoms with Crippen LogP contribution in [0.1, 0.15) is 18.5 Å². The van der Waals surface area contributed by atoms with Crippen LogP contribution in [-0.2, 0) is 9.59 Å². The standard InChI is InChI=1S/C23H28N6O2/c1-16-20-13-18(14-24-22(20)29(26-16)19-8-5-4-6-9-19)25-23(31)17-12-21(30)28(15-17)11-7-10-27(2)3/h4-6,8-9,13-14,17H,7,10-12,15H2,1-3H3,(H,25,31). The molecule has 3 aromatic rings. The molecule has 2 aromatic heterocycles. The van der Waals surface area contributed by atoms with E-state index in [2.05, 4.69) is 20.3 Å². The van der Waals surface area contributed by atoms with Gasteiger partial charge < -0.3 is 15.1 Å². The molecule has 1 aromatic carbocycles. The molecular formula is C23H28N6O2. The van der Waals surface area contributed by atoms with Gasteiger partial charge in [-0.25, -0.2) is 9.67 Å². The molecule has 1 N–H and O–H groups in total. The summed E-state index contributed by atoms with van der Waals surface area (Å²) in [4.78, 5) is 33.5. The lowest BCUT2D eigenvalue weighted by atomic mass is 10.1. The summed E-state index contributed by atoms with van der Waals surface area (Å²) < 4.78 is 1.80. The maximum Gasteiger partial charge on any atom is 0.229 e. The fourth-order valence-corrected chi connectivity index (χ4v) is 3.95. The van der Waals surface area contributed by atoms with E-state index in [1.165, 1.54) is 0 Å². The van der Waals surface area contributed by atoms with Gasteiger partial charge in [0.15, 0.2) is 5.65 Å². The van der Waals surface area contributed by atoms with Gasteiger partial charge in [0.05, 0.1) is 29.2 Å². The second kappa shape index (κ2) is 8.85. The first-order chi connectivity index (χ1) is 14.9. The van der Waals surface area contributed by atoms with Crippen LogP contribution in [0.3, 0.4) is 0 Å². The Labute approximate surface area is 181 Å². The topological polar surface area (TPSA) is 83.4 Å². The normalized spacial score (nSPS) is 16.5. The largest absolute Gasteiger partial charge is 0.342 e. The van der Waals surface area contributed by atoms with Gasteiger partial charge in [0.2, 0.25) is 11.8 Å². The predicted molar refractivity (Wildman–Crippen MR) is 120 cm³/mol. The number of hydrogen-bond acceptors (Lipinski definition) is 5. The average molecular weight is 421 g/mol. The fourth-order valence-electron chi connectivity index (χ4n) is 3.95. The van der Waals surface area contributed by atoms with Crippen molar-refractivity contribution in [1.82, 2.24) is 24.6 Å². The Balaban J connectivity index is 1.45. The van der Waals surface area contributed by atoms with Gasteiger partial charge in [0.1, 0.15) is 0 Å². The van der Waals surface area contributed by atoms with E-state index in [0.29, 0.717) is 18.8 Å². The van der Waals surface area contributed by atoms with Crippen LogP contribution in [0.4, 0.5) is 5.69 Å². The Bertz CT molecular complexity index is 1090. The Kier molecular flexibility index (Phi) is 5.99. The zero-order valence-corrected chi connectivity index (χ0v) is 18.2. The van der Waals surface area contributed by atoms with Gasteiger partial charge in [-0.15, -0.1) is 0 Å². The third-order valence-corrected chi connectivity index (χ3v) is 5.59. The summed E-state index contributed by atoms with van der Waals surface area (Å²) in [6.45, 7) is 4.00. The summed E-state index contributed by atoms with van der Waals surface area (Å²) in [5, 5.41) is 8.43. The number of pyridine rings is 1. The third-order valence-electron chi connectivity index (χ3n) is 5.59. The van der Waals surface area contributed by atoms with Gasteiger partial charge in [0.25, 0.3) is 0 Å². The summed E-state index contributed by atoms with van der Waals surface area (Å²) >= 11 is 0. The lowest BCUT2D eigenvalue weighted by Gasteiger charge is -2.18. The highest BCUT2D eigenvalue weighted by Crippen LogP contribution is 2.24. The quantitative estimate of drug-likeness (QED) is 0.635. The first-order valence-electron chi connectivity index (χ1n) is 10.6. The molecule has 31 heavy (non-hydrogen) atoms. The number of carbonyl (C=O) groups excluding carboxylic acids is 2. The maximum atomic E-state index is 12.8. The number of nitrogens with zero attached hydrogens (tertiary/aromatic N) is 5. The van der Waals surface area contributed by atoms with Crippen LogP contribution in [0.15, 0.2) is 42.6 Å². The van der Waals surface area contributed by atoms with Crippen molar-refractivity contribution in [2.45, 2.75) is 19.8 Å². The smallest absolute Gasteiger partial charge is 0.229 e. The molecule has 0 saturated carbocycles. The number of fused-ring (bicyclic) bond motifs is 1. The molecule has 1 aliphatic heterocycles. The van der Waals surface area contributed by atoms with Crippen molar-refractivity contribution in [3.05, 3.63) is 48.3 Å². The van der Waals surface area contributed by atoms with Crippen LogP contribution in [-0.4, -0.2) is 70.1 Å². The molecule has 0 radical (unpaired) electrons. The second-order valence-electron chi connectivity index (χ2n) is 8.31. The molecule has 162 valence electrons. The zero-order chi connectivity index (χ0) is 22.0. The number of rotatable bonds is 7. The number of benzene rings is 1. The molecule has 1 saturated heterocycles. The summed E-state index contributed by atoms with van der Waals surface area (Å²) in [6.07, 6.45) is 2.80. The highest BCUT2D eigenvalue weighted by molar-refractivity contribution is 5.98. The van der Waals surface area contributed by atoms with Gasteiger partial charge in [-0.2, -0.15) is 5.10 Å². The van der Waals surface area contributed by atoms with Crippen LogP contribution in [0.25, 0.3) is 16.7 Å². The number of aromatic nitrogens is 3. The van der Waals surface area contributed by atoms with Crippen molar-refractivity contribution in [3.63, 3.8) is 0 Å². The molecule has 3 heterocycles. The number of carbonyl (C=O) groups is 2. The molecule has 8 heteroatoms. The zero-order valence-electron chi connectivity index (χ0n) is 18.2. The van der Waals surface area contributed by atoms with Gasteiger partial charge >= 0.3 is 0 Å². The van der Waals surface area contributed by atoms with Crippen molar-refractivity contribution in [1.29, 1.82) is 0 Å². The van der Waals surface area contributed by atoms with Gasteiger partial charge in [-0.1, -0.05) is 18.2 Å². The number of amides is 2. The van der Waals surface area contributed by atoms with E-state index in [1.807, 2.05) is 57.4 Å². The monoisotopic (exact) mass is 420 g/mol. The van der Waals surface area contributed by atoms with E-state index in [-0.39, 0.29) is 24.2 Å². The van der Waals surface area contributed by atoms with E-state index in [4.69, 9.17) is 0 Å². The van der Waals surface area contributed by atoms with Gasteiger partial charge in [-0.05, 0) is 52.2 Å². The minimum absolute atomic E-state index is 0.0486. The molecule has 0 spiro atoms. The number of hydrogen-bond donors (Lipinski definition) is 1. The minimum atomic E-state index is -0.337. The number of aryl methyl sites for hydroxylation is 1. The molecule has 1 unspecified atom stereocenters. The molecule has 2 amide bonds. The highest BCUT2D eigenvalue weighted by Gasteiger charge is 2.34. The molecule has 1 aliphatic rings. The second-order valence-corrected chi connectivity index (χ2v) is 8.31. The van der Waals surface area contributed by atoms with Crippen molar-refractivity contribution in [3.8, 4) is 5.69 Å². The SMILES string of the molecule is Cc1nn(-c2ccccc2)c2ncc(NC(=O)C3CC(=O)N(CCCN(C)C)C3)cc12. The van der Waals surface area contributed by atoms with Crippen molar-refractivity contribution < 1.29 is 9.59 Å². The van der Waals surface area contributed by atoms with Crippen LogP contribution >= 0.6 is 0 Å². The van der Waals surface area contributed by atoms with E-state index in [9.17, 15) is 9.59 Å². The van der Waals surface area contributed by atoms with Gasteiger partial charge in [0, 0.05) is 24.9 Å². The molecule has 4 rings (SSSR count). The number of para-hydroxylation sites is 1. The Morgan fingerprint density at radius 3 is 2.77 bits per heavy atom. The van der Waals surface area contributed by atoms with E-state index < -0.39 is 0 Å². The summed E-state index contributed by atoms with van der Waals surface area (Å²) in [5.41, 5.74) is 3.13. The highest BCUT2D eigenvalue weighted by atomic mass is 16.2. The van der Waals surface area contributed by atoms with E-state index in [0.717, 1.165) is 35.4 Å². The molecule has 8 nitrogen and oxygen atoms in total. The maximum absolute atomic E-state index is 12.8. The Morgan fingerprint density at radius 2 is 2.03 bits per heavy atom. The molecule has 1 atom stereocenters. The van der Waals surface area contributed by atoms with Gasteiger partial charge in [-0.3, -0.25) is 9.59 Å². The summed E-state index contributed by atoms with van der Waals surface area (Å²) in [7, 11) is 4.02. The lowest BCUT2D eigenvalue weighted by Crippen LogP contribution is -2.30. The lowest BCUT2D eigenvalue weighted by molar-refractivity contribution is -0.128. The van der Waals surface area contributed by atoms with Crippen molar-refractivity contribution in [2.24, 2.45) is 5.92 Å². The first-order valence-corrected chi connectivity index (χ1v) is 10.6. The Morgan fingerprint density at radius 1 is 1.26 bits per heavy atom. The summed E-state index contributed by atoms with van der Waals surface area (Å²) in [6, 6.07) is 11.7. The third kappa shape index (κ3) is 4.59. The average Bonchev–Trinajstić information content (AvgIpc) is 3.28. The Hall–Kier alpha value is -3.26. The van der Waals surface area contributed by atoms with Crippen LogP contribution in [0.2, 0.25) is 0 Å². The van der Waals surface area contributed by atoms with Crippen LogP contribution in [0, 0.1) is 12.8 Å². The molecule has 0 aliphatic carbocycles. The van der Waals surface area contributed by atoms with Crippen LogP contribution in [0.5, 0.6) is 0 Å². The summed E-state index contributed by atoms with van der Waals surface area (Å²) in [5.74, 6) is -0.430. The fraction of sp³-hybridized carbons (Fsp3) is 0.391. The molecular weight excluding hydrogens is 392 g/mol. The van der Waals surface area contributed by atoms with Crippen molar-refractivity contribution in [2.75, 3.05) is 39.0 Å². The predicted octanol–water partition coefficient (Wildman–Crippen LogP) is 2.47. The molecule has 1 fully saturated rings. The number of nitrogens with one attached hydrogen (secondary N) is 1. The minimum Gasteiger partial charge on any atom is -0.342 e. The number of anilines is 1. The van der Waals surface area contributed by atoms with E-state index in [1.54, 1.807) is 15.8 Å². The van der Waals surface area contributed by atoms with Crippen molar-refractivity contribution >= 4 is 28.5 Å². The number of likely N-dealkylation sites (tertiary alicyclic amines) is 1. The first kappa shape index (κ1) is 21.0. The van der Waals surface area contributed by atoms with E-state index >= 15 is 0 Å².